The summed E-state index contributed by atoms with van der Waals surface area (Å²) in [4.78, 5) is 30.7. The van der Waals surface area contributed by atoms with Crippen molar-refractivity contribution in [3.8, 4) is 0 Å². The molecule has 0 heterocycles. The Balaban J connectivity index is 0.000000761. The van der Waals surface area contributed by atoms with Gasteiger partial charge in [-0.3, -0.25) is 9.59 Å². The number of unbranched alkanes of at least 4 members (excludes halogenated alkanes) is 4. The van der Waals surface area contributed by atoms with Crippen LogP contribution in [-0.4, -0.2) is 33.2 Å². The van der Waals surface area contributed by atoms with Gasteiger partial charge in [0.1, 0.15) is 0 Å². The number of carboxylic acid groups (broad SMARTS) is 3. The van der Waals surface area contributed by atoms with E-state index in [4.69, 9.17) is 15.3 Å². The third kappa shape index (κ3) is 17.2. The summed E-state index contributed by atoms with van der Waals surface area (Å²) >= 11 is 0. The molecule has 3 N–H and O–H groups in total. The molecule has 0 bridgehead atoms. The summed E-state index contributed by atoms with van der Waals surface area (Å²) in [6.45, 7) is 10.7. The van der Waals surface area contributed by atoms with Gasteiger partial charge in [0, 0.05) is 18.9 Å². The minimum Gasteiger partial charge on any atom is -0.481 e. The lowest BCUT2D eigenvalue weighted by atomic mass is 9.72. The van der Waals surface area contributed by atoms with E-state index >= 15 is 0 Å². The molecule has 1 rings (SSSR count). The average Bonchev–Trinajstić information content (AvgIpc) is 2.71. The van der Waals surface area contributed by atoms with Crippen molar-refractivity contribution in [3.63, 3.8) is 0 Å². The summed E-state index contributed by atoms with van der Waals surface area (Å²) in [7, 11) is 0. The molecule has 6 nitrogen and oxygen atoms in total. The molecule has 0 atom stereocenters. The minimum atomic E-state index is -0.912. The van der Waals surface area contributed by atoms with Crippen LogP contribution in [0.4, 0.5) is 0 Å². The molecular formula is C29H44O6. The predicted octanol–water partition coefficient (Wildman–Crippen LogP) is 7.49. The second kappa shape index (κ2) is 17.5. The van der Waals surface area contributed by atoms with E-state index in [0.717, 1.165) is 30.4 Å². The molecule has 1 aliphatic rings. The maximum Gasteiger partial charge on any atom is 0.328 e. The Morgan fingerprint density at radius 3 is 1.89 bits per heavy atom. The number of aliphatic carboxylic acids is 3. The normalized spacial score (nSPS) is 16.4. The van der Waals surface area contributed by atoms with Gasteiger partial charge < -0.3 is 15.3 Å². The van der Waals surface area contributed by atoms with E-state index in [-0.39, 0.29) is 18.3 Å². The number of allylic oxidation sites excluding steroid dienone is 9. The van der Waals surface area contributed by atoms with Crippen molar-refractivity contribution in [1.82, 2.24) is 0 Å². The van der Waals surface area contributed by atoms with Crippen molar-refractivity contribution in [1.29, 1.82) is 0 Å². The SMILES string of the molecule is CC1=C(/C=C/C(C)=C/C=C/C(C)=C/C(=O)O)C(C)(C)CCC1.O=C(O)CCCCCCCC(=O)O. The van der Waals surface area contributed by atoms with Crippen LogP contribution < -0.4 is 0 Å². The van der Waals surface area contributed by atoms with Crippen molar-refractivity contribution in [2.24, 2.45) is 5.41 Å². The van der Waals surface area contributed by atoms with Crippen LogP contribution in [0.2, 0.25) is 0 Å². The molecule has 196 valence electrons. The van der Waals surface area contributed by atoms with E-state index in [1.54, 1.807) is 13.0 Å². The zero-order chi connectivity index (χ0) is 26.9. The number of hydrogen-bond acceptors (Lipinski definition) is 3. The Labute approximate surface area is 210 Å². The van der Waals surface area contributed by atoms with Gasteiger partial charge in [-0.1, -0.05) is 74.6 Å². The number of carbonyl (C=O) groups is 3. The highest BCUT2D eigenvalue weighted by molar-refractivity contribution is 5.81. The second-order valence-corrected chi connectivity index (χ2v) is 9.82. The fourth-order valence-corrected chi connectivity index (χ4v) is 3.96. The maximum absolute atomic E-state index is 10.5. The third-order valence-corrected chi connectivity index (χ3v) is 5.91. The second-order valence-electron chi connectivity index (χ2n) is 9.82. The van der Waals surface area contributed by atoms with Gasteiger partial charge in [0.2, 0.25) is 0 Å². The van der Waals surface area contributed by atoms with Crippen molar-refractivity contribution in [2.75, 3.05) is 0 Å². The van der Waals surface area contributed by atoms with Gasteiger partial charge in [0.05, 0.1) is 0 Å². The Hall–Kier alpha value is -2.89. The molecule has 0 aromatic rings. The summed E-state index contributed by atoms with van der Waals surface area (Å²) in [5.41, 5.74) is 5.09. The highest BCUT2D eigenvalue weighted by Crippen LogP contribution is 2.40. The lowest BCUT2D eigenvalue weighted by molar-refractivity contribution is -0.138. The zero-order valence-electron chi connectivity index (χ0n) is 22.1. The molecule has 0 aromatic carbocycles. The van der Waals surface area contributed by atoms with Crippen molar-refractivity contribution in [2.45, 2.75) is 98.8 Å². The highest BCUT2D eigenvalue weighted by Gasteiger charge is 2.26. The van der Waals surface area contributed by atoms with E-state index in [1.807, 2.05) is 12.2 Å². The first-order valence-corrected chi connectivity index (χ1v) is 12.4. The standard InChI is InChI=1S/C20H28O2.C9H16O4/c1-15(8-6-9-16(2)14-19(21)22)11-12-18-17(3)10-7-13-20(18,4)5;10-8(11)6-4-2-1-3-5-7-9(12)13/h6,8-9,11-12,14H,7,10,13H2,1-5H3,(H,21,22);1-7H2,(H,10,11)(H,12,13)/b9-6+,12-11+,15-8+,16-14+;. The van der Waals surface area contributed by atoms with Crippen molar-refractivity contribution in [3.05, 3.63) is 58.7 Å². The van der Waals surface area contributed by atoms with E-state index in [9.17, 15) is 14.4 Å². The van der Waals surface area contributed by atoms with Crippen LogP contribution in [0.3, 0.4) is 0 Å². The smallest absolute Gasteiger partial charge is 0.328 e. The monoisotopic (exact) mass is 488 g/mol. The van der Waals surface area contributed by atoms with Crippen LogP contribution in [0, 0.1) is 5.41 Å². The van der Waals surface area contributed by atoms with Gasteiger partial charge in [0.25, 0.3) is 0 Å². The van der Waals surface area contributed by atoms with E-state index in [2.05, 4.69) is 39.8 Å². The Kier molecular flexibility index (Phi) is 16.1. The molecule has 35 heavy (non-hydrogen) atoms. The molecule has 0 spiro atoms. The molecule has 0 amide bonds. The first kappa shape index (κ1) is 32.1. The van der Waals surface area contributed by atoms with Crippen molar-refractivity contribution >= 4 is 17.9 Å². The summed E-state index contributed by atoms with van der Waals surface area (Å²) in [5, 5.41) is 25.3. The first-order valence-electron chi connectivity index (χ1n) is 12.4. The van der Waals surface area contributed by atoms with Crippen LogP contribution in [0.5, 0.6) is 0 Å². The highest BCUT2D eigenvalue weighted by atomic mass is 16.4. The largest absolute Gasteiger partial charge is 0.481 e. The predicted molar refractivity (Wildman–Crippen MR) is 141 cm³/mol. The van der Waals surface area contributed by atoms with E-state index in [0.29, 0.717) is 12.8 Å². The van der Waals surface area contributed by atoms with Gasteiger partial charge in [-0.2, -0.15) is 0 Å². The van der Waals surface area contributed by atoms with Crippen LogP contribution in [0.25, 0.3) is 0 Å². The summed E-state index contributed by atoms with van der Waals surface area (Å²) < 4.78 is 0. The van der Waals surface area contributed by atoms with Gasteiger partial charge in [-0.15, -0.1) is 0 Å². The lowest BCUT2D eigenvalue weighted by Crippen LogP contribution is -2.19. The van der Waals surface area contributed by atoms with E-state index in [1.165, 1.54) is 36.5 Å². The minimum absolute atomic E-state index is 0.221. The quantitative estimate of drug-likeness (QED) is 0.141. The summed E-state index contributed by atoms with van der Waals surface area (Å²) in [5.74, 6) is -2.43. The number of carboxylic acids is 3. The fraction of sp³-hybridized carbons (Fsp3) is 0.552. The molecule has 6 heteroatoms. The first-order chi connectivity index (χ1) is 16.3. The third-order valence-electron chi connectivity index (χ3n) is 5.91. The zero-order valence-corrected chi connectivity index (χ0v) is 22.1. The molecule has 0 radical (unpaired) electrons. The average molecular weight is 489 g/mol. The molecule has 0 unspecified atom stereocenters. The van der Waals surface area contributed by atoms with Crippen LogP contribution in [0.1, 0.15) is 98.8 Å². The molecule has 0 saturated carbocycles. The van der Waals surface area contributed by atoms with Gasteiger partial charge in [-0.25, -0.2) is 4.79 Å². The molecule has 0 aromatic heterocycles. The maximum atomic E-state index is 10.5. The Morgan fingerprint density at radius 1 is 0.857 bits per heavy atom. The van der Waals surface area contributed by atoms with Gasteiger partial charge in [0.15, 0.2) is 0 Å². The molecule has 0 fully saturated rings. The Morgan fingerprint density at radius 2 is 1.40 bits per heavy atom. The Bertz CT molecular complexity index is 834. The molecule has 1 aliphatic carbocycles. The fourth-order valence-electron chi connectivity index (χ4n) is 3.96. The summed E-state index contributed by atoms with van der Waals surface area (Å²) in [6, 6.07) is 0. The number of hydrogen-bond donors (Lipinski definition) is 3. The van der Waals surface area contributed by atoms with Crippen molar-refractivity contribution < 1.29 is 29.7 Å². The van der Waals surface area contributed by atoms with Crippen LogP contribution in [0.15, 0.2) is 58.7 Å². The number of rotatable bonds is 13. The van der Waals surface area contributed by atoms with Gasteiger partial charge in [-0.05, 0) is 69.4 Å². The van der Waals surface area contributed by atoms with Crippen LogP contribution in [-0.2, 0) is 14.4 Å². The lowest BCUT2D eigenvalue weighted by Gasteiger charge is -2.32. The molecule has 0 aliphatic heterocycles. The molecular weight excluding hydrogens is 444 g/mol. The molecule has 0 saturated heterocycles. The van der Waals surface area contributed by atoms with E-state index < -0.39 is 17.9 Å². The van der Waals surface area contributed by atoms with Gasteiger partial charge >= 0.3 is 17.9 Å². The van der Waals surface area contributed by atoms with Crippen LogP contribution >= 0.6 is 0 Å². The topological polar surface area (TPSA) is 112 Å². The summed E-state index contributed by atoms with van der Waals surface area (Å²) in [6.07, 6.45) is 19.5.